The number of carbonyl (C=O) groups excluding carboxylic acids is 1. The Hall–Kier alpha value is -2.66. The van der Waals surface area contributed by atoms with E-state index in [0.29, 0.717) is 33.1 Å². The Bertz CT molecular complexity index is 1020. The lowest BCUT2D eigenvalue weighted by Crippen LogP contribution is -2.23. The molecular weight excluding hydrogens is 338 g/mol. The van der Waals surface area contributed by atoms with Crippen LogP contribution in [0.25, 0.3) is 16.6 Å². The van der Waals surface area contributed by atoms with Crippen molar-refractivity contribution in [1.29, 1.82) is 0 Å². The van der Waals surface area contributed by atoms with Crippen molar-refractivity contribution >= 4 is 34.1 Å². The Labute approximate surface area is 150 Å². The highest BCUT2D eigenvalue weighted by atomic mass is 35.5. The number of rotatable bonds is 3. The molecule has 1 aromatic heterocycles. The highest BCUT2D eigenvalue weighted by Crippen LogP contribution is 2.25. The van der Waals surface area contributed by atoms with Gasteiger partial charge >= 0.3 is 0 Å². The molecule has 3 aromatic rings. The van der Waals surface area contributed by atoms with Gasteiger partial charge in [-0.3, -0.25) is 14.2 Å². The largest absolute Gasteiger partial charge is 0.324 e. The van der Waals surface area contributed by atoms with Crippen LogP contribution in [0.15, 0.2) is 47.3 Å². The molecule has 1 N–H and O–H groups in total. The van der Waals surface area contributed by atoms with Crippen LogP contribution in [0.3, 0.4) is 0 Å². The van der Waals surface area contributed by atoms with Crippen LogP contribution in [0.4, 0.5) is 5.69 Å². The first-order valence-electron chi connectivity index (χ1n) is 7.97. The average Bonchev–Trinajstić information content (AvgIpc) is 2.57. The van der Waals surface area contributed by atoms with Crippen LogP contribution >= 0.6 is 11.6 Å². The molecule has 128 valence electrons. The van der Waals surface area contributed by atoms with E-state index in [1.807, 2.05) is 12.1 Å². The topological polar surface area (TPSA) is 64.0 Å². The molecule has 3 rings (SSSR count). The smallest absolute Gasteiger partial charge is 0.265 e. The molecule has 1 heterocycles. The fourth-order valence-electron chi connectivity index (χ4n) is 2.57. The molecule has 0 aliphatic carbocycles. The van der Waals surface area contributed by atoms with Crippen molar-refractivity contribution in [3.8, 4) is 5.69 Å². The number of fused-ring (bicyclic) bond motifs is 1. The molecule has 0 radical (unpaired) electrons. The Balaban J connectivity index is 2.16. The predicted octanol–water partition coefficient (Wildman–Crippen LogP) is 3.94. The van der Waals surface area contributed by atoms with E-state index in [4.69, 9.17) is 11.6 Å². The fourth-order valence-corrected chi connectivity index (χ4v) is 2.74. The van der Waals surface area contributed by atoms with Gasteiger partial charge in [0.05, 0.1) is 27.3 Å². The van der Waals surface area contributed by atoms with Gasteiger partial charge in [0.1, 0.15) is 5.82 Å². The maximum atomic E-state index is 12.9. The van der Waals surface area contributed by atoms with E-state index in [1.54, 1.807) is 51.1 Å². The van der Waals surface area contributed by atoms with Gasteiger partial charge in [0.2, 0.25) is 5.91 Å². The molecule has 0 bridgehead atoms. The zero-order chi connectivity index (χ0) is 18.1. The van der Waals surface area contributed by atoms with Crippen LogP contribution in [0.5, 0.6) is 0 Å². The number of carbonyl (C=O) groups is 1. The molecule has 2 aromatic carbocycles. The van der Waals surface area contributed by atoms with Gasteiger partial charge in [0.15, 0.2) is 0 Å². The molecule has 0 atom stereocenters. The van der Waals surface area contributed by atoms with Crippen molar-refractivity contribution in [2.45, 2.75) is 20.8 Å². The van der Waals surface area contributed by atoms with Crippen molar-refractivity contribution < 1.29 is 4.79 Å². The number of hydrogen-bond donors (Lipinski definition) is 1. The maximum absolute atomic E-state index is 12.9. The van der Waals surface area contributed by atoms with Crippen molar-refractivity contribution in [3.63, 3.8) is 0 Å². The van der Waals surface area contributed by atoms with E-state index >= 15 is 0 Å². The molecule has 5 nitrogen and oxygen atoms in total. The summed E-state index contributed by atoms with van der Waals surface area (Å²) in [6, 6.07) is 12.3. The number of amides is 1. The van der Waals surface area contributed by atoms with Crippen molar-refractivity contribution in [3.05, 3.63) is 63.7 Å². The molecule has 6 heteroatoms. The maximum Gasteiger partial charge on any atom is 0.265 e. The first kappa shape index (κ1) is 17.2. The lowest BCUT2D eigenvalue weighted by atomic mass is 10.2. The summed E-state index contributed by atoms with van der Waals surface area (Å²) in [6.07, 6.45) is 0. The summed E-state index contributed by atoms with van der Waals surface area (Å²) >= 11 is 6.19. The van der Waals surface area contributed by atoms with E-state index < -0.39 is 0 Å². The lowest BCUT2D eigenvalue weighted by molar-refractivity contribution is -0.118. The Morgan fingerprint density at radius 2 is 1.92 bits per heavy atom. The van der Waals surface area contributed by atoms with Gasteiger partial charge in [-0.25, -0.2) is 4.98 Å². The van der Waals surface area contributed by atoms with Crippen molar-refractivity contribution in [2.24, 2.45) is 5.92 Å². The number of para-hydroxylation sites is 1. The summed E-state index contributed by atoms with van der Waals surface area (Å²) in [5.41, 5.74) is 1.57. The Morgan fingerprint density at radius 3 is 2.64 bits per heavy atom. The van der Waals surface area contributed by atoms with Crippen molar-refractivity contribution in [2.75, 3.05) is 5.32 Å². The molecular formula is C19H18ClN3O2. The second-order valence-corrected chi connectivity index (χ2v) is 6.53. The molecule has 0 fully saturated rings. The molecule has 1 amide bonds. The number of halogens is 1. The number of nitrogens with one attached hydrogen (secondary N) is 1. The van der Waals surface area contributed by atoms with E-state index in [9.17, 15) is 9.59 Å². The number of anilines is 1. The summed E-state index contributed by atoms with van der Waals surface area (Å²) in [5.74, 6) is 0.249. The third kappa shape index (κ3) is 3.28. The minimum absolute atomic E-state index is 0.139. The summed E-state index contributed by atoms with van der Waals surface area (Å²) in [5, 5.41) is 3.74. The number of nitrogens with zero attached hydrogens (tertiary/aromatic N) is 2. The minimum Gasteiger partial charge on any atom is -0.324 e. The zero-order valence-corrected chi connectivity index (χ0v) is 15.0. The lowest BCUT2D eigenvalue weighted by Gasteiger charge is -2.14. The third-order valence-electron chi connectivity index (χ3n) is 3.93. The fraction of sp³-hybridized carbons (Fsp3) is 0.211. The normalized spacial score (nSPS) is 11.1. The molecule has 0 aliphatic heterocycles. The zero-order valence-electron chi connectivity index (χ0n) is 14.2. The molecule has 0 saturated heterocycles. The summed E-state index contributed by atoms with van der Waals surface area (Å²) < 4.78 is 1.52. The molecule has 0 aliphatic rings. The SMILES string of the molecule is Cc1nc2ccccc2c(=O)n1-c1ccc(Cl)c(NC(=O)C(C)C)c1. The summed E-state index contributed by atoms with van der Waals surface area (Å²) in [7, 11) is 0. The van der Waals surface area contributed by atoms with Gasteiger partial charge in [0, 0.05) is 5.92 Å². The van der Waals surface area contributed by atoms with Gasteiger partial charge in [-0.15, -0.1) is 0 Å². The molecule has 0 saturated carbocycles. The average molecular weight is 356 g/mol. The summed E-state index contributed by atoms with van der Waals surface area (Å²) in [4.78, 5) is 29.3. The van der Waals surface area contributed by atoms with Crippen LogP contribution in [0, 0.1) is 12.8 Å². The highest BCUT2D eigenvalue weighted by molar-refractivity contribution is 6.33. The number of aromatic nitrogens is 2. The molecule has 25 heavy (non-hydrogen) atoms. The van der Waals surface area contributed by atoms with E-state index in [2.05, 4.69) is 10.3 Å². The number of benzene rings is 2. The van der Waals surface area contributed by atoms with Gasteiger partial charge < -0.3 is 5.32 Å². The van der Waals surface area contributed by atoms with Crippen molar-refractivity contribution in [1.82, 2.24) is 9.55 Å². The highest BCUT2D eigenvalue weighted by Gasteiger charge is 2.13. The first-order valence-corrected chi connectivity index (χ1v) is 8.35. The molecule has 0 unspecified atom stereocenters. The van der Waals surface area contributed by atoms with Gasteiger partial charge in [-0.05, 0) is 37.3 Å². The first-order chi connectivity index (χ1) is 11.9. The van der Waals surface area contributed by atoms with Crippen LogP contribution in [-0.2, 0) is 4.79 Å². The van der Waals surface area contributed by atoms with E-state index in [-0.39, 0.29) is 17.4 Å². The van der Waals surface area contributed by atoms with Crippen LogP contribution in [0.1, 0.15) is 19.7 Å². The second kappa shape index (κ2) is 6.69. The van der Waals surface area contributed by atoms with Crippen LogP contribution in [-0.4, -0.2) is 15.5 Å². The summed E-state index contributed by atoms with van der Waals surface area (Å²) in [6.45, 7) is 5.37. The van der Waals surface area contributed by atoms with Gasteiger partial charge in [-0.2, -0.15) is 0 Å². The van der Waals surface area contributed by atoms with E-state index in [0.717, 1.165) is 0 Å². The van der Waals surface area contributed by atoms with Gasteiger partial charge in [0.25, 0.3) is 5.56 Å². The quantitative estimate of drug-likeness (QED) is 0.773. The number of aryl methyl sites for hydroxylation is 1. The minimum atomic E-state index is -0.175. The van der Waals surface area contributed by atoms with Crippen LogP contribution < -0.4 is 10.9 Å². The van der Waals surface area contributed by atoms with Crippen LogP contribution in [0.2, 0.25) is 5.02 Å². The van der Waals surface area contributed by atoms with E-state index in [1.165, 1.54) is 4.57 Å². The predicted molar refractivity (Wildman–Crippen MR) is 101 cm³/mol. The number of hydrogen-bond acceptors (Lipinski definition) is 3. The standard InChI is InChI=1S/C19H18ClN3O2/c1-11(2)18(24)22-17-10-13(8-9-15(17)20)23-12(3)21-16-7-5-4-6-14(16)19(23)25/h4-11H,1-3H3,(H,22,24). The molecule has 0 spiro atoms. The third-order valence-corrected chi connectivity index (χ3v) is 4.26. The monoisotopic (exact) mass is 355 g/mol. The Kier molecular flexibility index (Phi) is 4.59. The second-order valence-electron chi connectivity index (χ2n) is 6.12. The Morgan fingerprint density at radius 1 is 1.20 bits per heavy atom. The van der Waals surface area contributed by atoms with Gasteiger partial charge in [-0.1, -0.05) is 37.6 Å².